The van der Waals surface area contributed by atoms with Crippen LogP contribution in [0.4, 0.5) is 0 Å². The number of carbonyl (C=O) groups excluding carboxylic acids is 1. The van der Waals surface area contributed by atoms with Gasteiger partial charge in [-0.15, -0.1) is 0 Å². The molecule has 1 N–H and O–H groups in total. The van der Waals surface area contributed by atoms with Gasteiger partial charge in [-0.25, -0.2) is 4.98 Å². The van der Waals surface area contributed by atoms with Crippen molar-refractivity contribution in [2.45, 2.75) is 18.9 Å². The Bertz CT molecular complexity index is 895. The van der Waals surface area contributed by atoms with E-state index in [-0.39, 0.29) is 11.9 Å². The van der Waals surface area contributed by atoms with Crippen LogP contribution in [0, 0.1) is 0 Å². The number of nitrogens with zero attached hydrogens (tertiary/aromatic N) is 2. The Morgan fingerprint density at radius 3 is 2.80 bits per heavy atom. The molecule has 25 heavy (non-hydrogen) atoms. The minimum Gasteiger partial charge on any atom is -0.346 e. The third-order valence-corrected chi connectivity index (χ3v) is 4.57. The lowest BCUT2D eigenvalue weighted by Crippen LogP contribution is -2.25. The van der Waals surface area contributed by atoms with Crippen molar-refractivity contribution < 1.29 is 4.79 Å². The number of hydrogen-bond acceptors (Lipinski definition) is 2. The highest BCUT2D eigenvalue weighted by Gasteiger charge is 2.22. The summed E-state index contributed by atoms with van der Waals surface area (Å²) in [5.74, 6) is -0.0552. The van der Waals surface area contributed by atoms with Gasteiger partial charge < -0.3 is 9.88 Å². The van der Waals surface area contributed by atoms with Crippen molar-refractivity contribution in [2.75, 3.05) is 0 Å². The molecule has 1 aliphatic rings. The van der Waals surface area contributed by atoms with Crippen molar-refractivity contribution >= 4 is 12.0 Å². The molecule has 1 heterocycles. The van der Waals surface area contributed by atoms with Gasteiger partial charge in [0.2, 0.25) is 5.91 Å². The second-order valence-electron chi connectivity index (χ2n) is 6.19. The summed E-state index contributed by atoms with van der Waals surface area (Å²) < 4.78 is 1.94. The first-order valence-corrected chi connectivity index (χ1v) is 8.44. The summed E-state index contributed by atoms with van der Waals surface area (Å²) in [7, 11) is 0. The first-order chi connectivity index (χ1) is 12.3. The van der Waals surface area contributed by atoms with E-state index in [0.717, 1.165) is 24.1 Å². The van der Waals surface area contributed by atoms with Gasteiger partial charge >= 0.3 is 0 Å². The first-order valence-electron chi connectivity index (χ1n) is 8.44. The van der Waals surface area contributed by atoms with E-state index in [9.17, 15) is 4.79 Å². The molecule has 4 heteroatoms. The molecule has 4 rings (SSSR count). The zero-order valence-electron chi connectivity index (χ0n) is 13.8. The number of hydrogen-bond donors (Lipinski definition) is 1. The summed E-state index contributed by atoms with van der Waals surface area (Å²) in [4.78, 5) is 16.3. The van der Waals surface area contributed by atoms with Crippen molar-refractivity contribution in [3.63, 3.8) is 0 Å². The van der Waals surface area contributed by atoms with Crippen LogP contribution in [-0.2, 0) is 11.2 Å². The van der Waals surface area contributed by atoms with E-state index in [1.807, 2.05) is 47.2 Å². The highest BCUT2D eigenvalue weighted by atomic mass is 16.1. The third-order valence-electron chi connectivity index (χ3n) is 4.57. The van der Waals surface area contributed by atoms with Gasteiger partial charge in [-0.1, -0.05) is 36.4 Å². The van der Waals surface area contributed by atoms with Crippen LogP contribution in [0.2, 0.25) is 0 Å². The maximum absolute atomic E-state index is 12.2. The van der Waals surface area contributed by atoms with Crippen LogP contribution in [0.1, 0.15) is 29.2 Å². The van der Waals surface area contributed by atoms with Gasteiger partial charge in [0, 0.05) is 24.2 Å². The molecule has 124 valence electrons. The van der Waals surface area contributed by atoms with Crippen molar-refractivity contribution in [1.29, 1.82) is 0 Å². The molecule has 4 nitrogen and oxygen atoms in total. The molecule has 1 aliphatic carbocycles. The van der Waals surface area contributed by atoms with Crippen LogP contribution in [-0.4, -0.2) is 15.5 Å². The topological polar surface area (TPSA) is 46.9 Å². The minimum absolute atomic E-state index is 0.0552. The summed E-state index contributed by atoms with van der Waals surface area (Å²) in [6.45, 7) is 0. The predicted molar refractivity (Wildman–Crippen MR) is 98.2 cm³/mol. The molecule has 0 saturated carbocycles. The Labute approximate surface area is 146 Å². The van der Waals surface area contributed by atoms with Crippen molar-refractivity contribution in [3.05, 3.63) is 90.0 Å². The van der Waals surface area contributed by atoms with E-state index >= 15 is 0 Å². The Morgan fingerprint density at radius 2 is 2.00 bits per heavy atom. The Kier molecular flexibility index (Phi) is 4.17. The highest BCUT2D eigenvalue weighted by Crippen LogP contribution is 2.30. The average molecular weight is 329 g/mol. The van der Waals surface area contributed by atoms with E-state index < -0.39 is 0 Å². The van der Waals surface area contributed by atoms with E-state index in [1.54, 1.807) is 18.6 Å². The fourth-order valence-electron chi connectivity index (χ4n) is 3.27. The van der Waals surface area contributed by atoms with E-state index in [0.29, 0.717) is 0 Å². The predicted octanol–water partition coefficient (Wildman–Crippen LogP) is 3.69. The molecule has 0 aliphatic heterocycles. The largest absolute Gasteiger partial charge is 0.346 e. The van der Waals surface area contributed by atoms with Crippen LogP contribution in [0.15, 0.2) is 73.3 Å². The number of aryl methyl sites for hydroxylation is 1. The monoisotopic (exact) mass is 329 g/mol. The van der Waals surface area contributed by atoms with E-state index in [4.69, 9.17) is 0 Å². The van der Waals surface area contributed by atoms with Crippen molar-refractivity contribution in [1.82, 2.24) is 14.9 Å². The van der Waals surface area contributed by atoms with Gasteiger partial charge in [-0.05, 0) is 47.7 Å². The molecule has 1 aromatic heterocycles. The van der Waals surface area contributed by atoms with Crippen LogP contribution in [0.25, 0.3) is 11.8 Å². The number of aromatic nitrogens is 2. The summed E-state index contributed by atoms with van der Waals surface area (Å²) in [5.41, 5.74) is 4.62. The summed E-state index contributed by atoms with van der Waals surface area (Å²) in [5, 5.41) is 3.10. The van der Waals surface area contributed by atoms with Gasteiger partial charge in [0.15, 0.2) is 0 Å². The Balaban J connectivity index is 1.39. The normalized spacial score (nSPS) is 16.1. The minimum atomic E-state index is -0.0552. The number of carbonyl (C=O) groups is 1. The summed E-state index contributed by atoms with van der Waals surface area (Å²) >= 11 is 0. The number of amides is 1. The lowest BCUT2D eigenvalue weighted by molar-refractivity contribution is -0.117. The van der Waals surface area contributed by atoms with Gasteiger partial charge in [0.25, 0.3) is 0 Å². The summed E-state index contributed by atoms with van der Waals surface area (Å²) in [6.07, 6.45) is 10.9. The first kappa shape index (κ1) is 15.4. The molecule has 0 spiro atoms. The number of fused-ring (bicyclic) bond motifs is 1. The number of rotatable bonds is 4. The van der Waals surface area contributed by atoms with Gasteiger partial charge in [-0.3, -0.25) is 4.79 Å². The van der Waals surface area contributed by atoms with Gasteiger partial charge in [0.1, 0.15) is 0 Å². The molecule has 0 saturated heterocycles. The third kappa shape index (κ3) is 3.38. The average Bonchev–Trinajstić information content (AvgIpc) is 3.31. The number of nitrogens with one attached hydrogen (secondary N) is 1. The second-order valence-corrected chi connectivity index (χ2v) is 6.19. The van der Waals surface area contributed by atoms with Crippen LogP contribution in [0.5, 0.6) is 0 Å². The lowest BCUT2D eigenvalue weighted by atomic mass is 10.1. The SMILES string of the molecule is O=C(C=Cc1ccc(-n2ccnc2)cc1)NC1CCc2ccccc21. The maximum Gasteiger partial charge on any atom is 0.244 e. The van der Waals surface area contributed by atoms with Crippen LogP contribution < -0.4 is 5.32 Å². The molecule has 1 amide bonds. The fourth-order valence-corrected chi connectivity index (χ4v) is 3.27. The lowest BCUT2D eigenvalue weighted by Gasteiger charge is -2.12. The Morgan fingerprint density at radius 1 is 1.16 bits per heavy atom. The molecular weight excluding hydrogens is 310 g/mol. The second kappa shape index (κ2) is 6.77. The number of imidazole rings is 1. The maximum atomic E-state index is 12.2. The molecule has 1 atom stereocenters. The smallest absolute Gasteiger partial charge is 0.244 e. The molecule has 2 aromatic carbocycles. The van der Waals surface area contributed by atoms with Crippen LogP contribution in [0.3, 0.4) is 0 Å². The van der Waals surface area contributed by atoms with Crippen molar-refractivity contribution in [3.8, 4) is 5.69 Å². The van der Waals surface area contributed by atoms with E-state index in [2.05, 4.69) is 28.5 Å². The zero-order valence-corrected chi connectivity index (χ0v) is 13.8. The molecule has 1 unspecified atom stereocenters. The van der Waals surface area contributed by atoms with E-state index in [1.165, 1.54) is 11.1 Å². The molecule has 0 bridgehead atoms. The van der Waals surface area contributed by atoms with Gasteiger partial charge in [-0.2, -0.15) is 0 Å². The fraction of sp³-hybridized carbons (Fsp3) is 0.143. The standard InChI is InChI=1S/C21H19N3O/c25-21(23-20-11-8-17-3-1-2-4-19(17)20)12-7-16-5-9-18(10-6-16)24-14-13-22-15-24/h1-7,9-10,12-15,20H,8,11H2,(H,23,25). The number of benzene rings is 2. The van der Waals surface area contributed by atoms with Crippen LogP contribution >= 0.6 is 0 Å². The molecule has 3 aromatic rings. The Hall–Kier alpha value is -3.14. The zero-order chi connectivity index (χ0) is 17.1. The molecular formula is C21H19N3O. The molecule has 0 fully saturated rings. The van der Waals surface area contributed by atoms with Crippen molar-refractivity contribution in [2.24, 2.45) is 0 Å². The van der Waals surface area contributed by atoms with Gasteiger partial charge in [0.05, 0.1) is 12.4 Å². The highest BCUT2D eigenvalue weighted by molar-refractivity contribution is 5.92. The molecule has 0 radical (unpaired) electrons. The quantitative estimate of drug-likeness (QED) is 0.742. The summed E-state index contributed by atoms with van der Waals surface area (Å²) in [6, 6.07) is 16.4.